The van der Waals surface area contributed by atoms with Crippen molar-refractivity contribution in [1.82, 2.24) is 5.32 Å². The van der Waals surface area contributed by atoms with E-state index in [-0.39, 0.29) is 11.3 Å². The molecular formula is C15H25NO2S2. The van der Waals surface area contributed by atoms with E-state index in [4.69, 9.17) is 0 Å². The highest BCUT2D eigenvalue weighted by molar-refractivity contribution is 7.99. The van der Waals surface area contributed by atoms with Crippen molar-refractivity contribution in [3.05, 3.63) is 29.8 Å². The summed E-state index contributed by atoms with van der Waals surface area (Å²) in [5.74, 6) is 1.11. The number of nitrogens with one attached hydrogen (secondary N) is 1. The first-order valence-electron chi connectivity index (χ1n) is 6.80. The lowest BCUT2D eigenvalue weighted by Gasteiger charge is -2.20. The van der Waals surface area contributed by atoms with Gasteiger partial charge in [0.25, 0.3) is 0 Å². The Kier molecular flexibility index (Phi) is 6.55. The predicted octanol–water partition coefficient (Wildman–Crippen LogP) is 3.10. The summed E-state index contributed by atoms with van der Waals surface area (Å²) in [6.07, 6.45) is 1.99. The van der Waals surface area contributed by atoms with Crippen molar-refractivity contribution in [3.63, 3.8) is 0 Å². The van der Waals surface area contributed by atoms with Gasteiger partial charge in [-0.05, 0) is 50.6 Å². The van der Waals surface area contributed by atoms with E-state index < -0.39 is 9.84 Å². The van der Waals surface area contributed by atoms with Crippen LogP contribution in [0.4, 0.5) is 0 Å². The molecule has 0 aliphatic heterocycles. The molecule has 0 atom stereocenters. The molecule has 1 aromatic rings. The van der Waals surface area contributed by atoms with E-state index in [0.717, 1.165) is 12.3 Å². The first-order chi connectivity index (χ1) is 9.16. The topological polar surface area (TPSA) is 46.2 Å². The second-order valence-electron chi connectivity index (χ2n) is 6.08. The van der Waals surface area contributed by atoms with Crippen LogP contribution in [0.25, 0.3) is 0 Å². The molecule has 20 heavy (non-hydrogen) atoms. The van der Waals surface area contributed by atoms with Gasteiger partial charge in [-0.15, -0.1) is 11.8 Å². The molecule has 5 heteroatoms. The maximum Gasteiger partial charge on any atom is 0.147 e. The van der Waals surface area contributed by atoms with Crippen LogP contribution in [0.5, 0.6) is 0 Å². The molecule has 0 aromatic heterocycles. The second kappa shape index (κ2) is 7.48. The summed E-state index contributed by atoms with van der Waals surface area (Å²) in [5.41, 5.74) is 1.39. The van der Waals surface area contributed by atoms with Gasteiger partial charge in [0.05, 0.1) is 5.75 Å². The van der Waals surface area contributed by atoms with E-state index in [9.17, 15) is 8.42 Å². The minimum Gasteiger partial charge on any atom is -0.308 e. The largest absolute Gasteiger partial charge is 0.308 e. The smallest absolute Gasteiger partial charge is 0.147 e. The van der Waals surface area contributed by atoms with Crippen LogP contribution in [-0.4, -0.2) is 31.7 Å². The van der Waals surface area contributed by atoms with E-state index in [1.165, 1.54) is 16.7 Å². The third-order valence-corrected chi connectivity index (χ3v) is 4.80. The summed E-state index contributed by atoms with van der Waals surface area (Å²) >= 11 is 1.71. The summed E-state index contributed by atoms with van der Waals surface area (Å²) in [7, 11) is -2.83. The van der Waals surface area contributed by atoms with Crippen LogP contribution in [-0.2, 0) is 16.4 Å². The SMILES string of the molecule is CC(C)(C)NCc1ccc(SCCCS(C)(=O)=O)cc1. The fraction of sp³-hybridized carbons (Fsp3) is 0.600. The molecule has 0 unspecified atom stereocenters. The maximum absolute atomic E-state index is 11.0. The van der Waals surface area contributed by atoms with E-state index in [1.54, 1.807) is 11.8 Å². The molecule has 0 aliphatic carbocycles. The van der Waals surface area contributed by atoms with Gasteiger partial charge >= 0.3 is 0 Å². The van der Waals surface area contributed by atoms with Crippen molar-refractivity contribution < 1.29 is 8.42 Å². The van der Waals surface area contributed by atoms with Gasteiger partial charge in [0.2, 0.25) is 0 Å². The molecule has 1 N–H and O–H groups in total. The normalized spacial score (nSPS) is 12.6. The Bertz CT molecular complexity index is 502. The van der Waals surface area contributed by atoms with Gasteiger partial charge in [0, 0.05) is 23.2 Å². The fourth-order valence-electron chi connectivity index (χ4n) is 1.58. The summed E-state index contributed by atoms with van der Waals surface area (Å²) in [4.78, 5) is 1.19. The Balaban J connectivity index is 2.35. The van der Waals surface area contributed by atoms with Crippen molar-refractivity contribution >= 4 is 21.6 Å². The van der Waals surface area contributed by atoms with Gasteiger partial charge < -0.3 is 5.32 Å². The van der Waals surface area contributed by atoms with Crippen molar-refractivity contribution in [1.29, 1.82) is 0 Å². The van der Waals surface area contributed by atoms with Crippen LogP contribution in [0.2, 0.25) is 0 Å². The van der Waals surface area contributed by atoms with Crippen LogP contribution in [0.3, 0.4) is 0 Å². The summed E-state index contributed by atoms with van der Waals surface area (Å²) in [6, 6.07) is 8.45. The average Bonchev–Trinajstić information content (AvgIpc) is 2.31. The van der Waals surface area contributed by atoms with Gasteiger partial charge in [0.1, 0.15) is 9.84 Å². The third-order valence-electron chi connectivity index (χ3n) is 2.67. The zero-order chi connectivity index (χ0) is 15.2. The number of hydrogen-bond donors (Lipinski definition) is 1. The van der Waals surface area contributed by atoms with E-state index in [2.05, 4.69) is 50.4 Å². The van der Waals surface area contributed by atoms with E-state index in [1.807, 2.05) is 0 Å². The van der Waals surface area contributed by atoms with Crippen LogP contribution >= 0.6 is 11.8 Å². The van der Waals surface area contributed by atoms with Gasteiger partial charge in [-0.25, -0.2) is 8.42 Å². The highest BCUT2D eigenvalue weighted by Gasteiger charge is 2.08. The Labute approximate surface area is 127 Å². The van der Waals surface area contributed by atoms with Gasteiger partial charge in [-0.2, -0.15) is 0 Å². The number of benzene rings is 1. The second-order valence-corrected chi connectivity index (χ2v) is 9.51. The molecule has 0 radical (unpaired) electrons. The van der Waals surface area contributed by atoms with Crippen LogP contribution in [0.1, 0.15) is 32.8 Å². The molecule has 0 aliphatic rings. The molecule has 0 saturated carbocycles. The van der Waals surface area contributed by atoms with Crippen LogP contribution in [0, 0.1) is 0 Å². The van der Waals surface area contributed by atoms with Crippen molar-refractivity contribution in [2.24, 2.45) is 0 Å². The number of sulfone groups is 1. The zero-order valence-corrected chi connectivity index (χ0v) is 14.4. The monoisotopic (exact) mass is 315 g/mol. The van der Waals surface area contributed by atoms with Gasteiger partial charge in [-0.3, -0.25) is 0 Å². The molecule has 0 heterocycles. The summed E-state index contributed by atoms with van der Waals surface area (Å²) in [6.45, 7) is 7.32. The molecule has 0 spiro atoms. The highest BCUT2D eigenvalue weighted by Crippen LogP contribution is 2.19. The van der Waals surface area contributed by atoms with Crippen LogP contribution < -0.4 is 5.32 Å². The van der Waals surface area contributed by atoms with Crippen LogP contribution in [0.15, 0.2) is 29.2 Å². The molecule has 3 nitrogen and oxygen atoms in total. The first kappa shape index (κ1) is 17.5. The maximum atomic E-state index is 11.0. The minimum absolute atomic E-state index is 0.124. The summed E-state index contributed by atoms with van der Waals surface area (Å²) < 4.78 is 22.0. The van der Waals surface area contributed by atoms with Gasteiger partial charge in [0.15, 0.2) is 0 Å². The molecule has 0 amide bonds. The van der Waals surface area contributed by atoms with Gasteiger partial charge in [-0.1, -0.05) is 12.1 Å². The highest BCUT2D eigenvalue weighted by atomic mass is 32.2. The number of hydrogen-bond acceptors (Lipinski definition) is 4. The Morgan fingerprint density at radius 1 is 1.15 bits per heavy atom. The molecule has 0 bridgehead atoms. The Hall–Kier alpha value is -0.520. The molecule has 1 aromatic carbocycles. The zero-order valence-electron chi connectivity index (χ0n) is 12.8. The van der Waals surface area contributed by atoms with E-state index >= 15 is 0 Å². The molecule has 0 fully saturated rings. The van der Waals surface area contributed by atoms with Crippen molar-refractivity contribution in [2.75, 3.05) is 17.8 Å². The lowest BCUT2D eigenvalue weighted by Crippen LogP contribution is -2.35. The van der Waals surface area contributed by atoms with E-state index in [0.29, 0.717) is 6.42 Å². The standard InChI is InChI=1S/C15H25NO2S2/c1-15(2,3)16-12-13-6-8-14(9-7-13)19-10-5-11-20(4,17)18/h6-9,16H,5,10-12H2,1-4H3. The first-order valence-corrected chi connectivity index (χ1v) is 9.85. The predicted molar refractivity (Wildman–Crippen MR) is 88.1 cm³/mol. The lowest BCUT2D eigenvalue weighted by atomic mass is 10.1. The fourth-order valence-corrected chi connectivity index (χ4v) is 3.29. The minimum atomic E-state index is -2.83. The molecular weight excluding hydrogens is 290 g/mol. The molecule has 0 saturated heterocycles. The molecule has 114 valence electrons. The third kappa shape index (κ3) is 8.61. The molecule has 1 rings (SSSR count). The number of rotatable bonds is 7. The Morgan fingerprint density at radius 3 is 2.25 bits per heavy atom. The number of thioether (sulfide) groups is 1. The quantitative estimate of drug-likeness (QED) is 0.620. The Morgan fingerprint density at radius 2 is 1.75 bits per heavy atom. The average molecular weight is 316 g/mol. The van der Waals surface area contributed by atoms with Crippen molar-refractivity contribution in [3.8, 4) is 0 Å². The summed E-state index contributed by atoms with van der Waals surface area (Å²) in [5, 5.41) is 3.45. The van der Waals surface area contributed by atoms with Crippen molar-refractivity contribution in [2.45, 2.75) is 44.2 Å². The lowest BCUT2D eigenvalue weighted by molar-refractivity contribution is 0.424.